The summed E-state index contributed by atoms with van der Waals surface area (Å²) in [6.45, 7) is 0. The predicted octanol–water partition coefficient (Wildman–Crippen LogP) is 4.17. The molecule has 0 spiro atoms. The summed E-state index contributed by atoms with van der Waals surface area (Å²) in [7, 11) is 0. The summed E-state index contributed by atoms with van der Waals surface area (Å²) in [6.07, 6.45) is 4.81. The van der Waals surface area contributed by atoms with Gasteiger partial charge in [-0.15, -0.1) is 0 Å². The van der Waals surface area contributed by atoms with E-state index in [0.717, 1.165) is 52.9 Å². The van der Waals surface area contributed by atoms with Crippen LogP contribution in [0.2, 0.25) is 0 Å². The van der Waals surface area contributed by atoms with Crippen molar-refractivity contribution in [1.29, 1.82) is 0 Å². The van der Waals surface area contributed by atoms with Crippen molar-refractivity contribution in [2.24, 2.45) is 11.5 Å². The van der Waals surface area contributed by atoms with Crippen molar-refractivity contribution in [2.75, 3.05) is 5.73 Å². The third-order valence-electron chi connectivity index (χ3n) is 7.00. The zero-order chi connectivity index (χ0) is 24.9. The quantitative estimate of drug-likeness (QED) is 0.349. The van der Waals surface area contributed by atoms with Gasteiger partial charge in [0, 0.05) is 28.6 Å². The molecule has 178 valence electrons. The number of benzene rings is 2. The summed E-state index contributed by atoms with van der Waals surface area (Å²) in [6, 6.07) is 22.9. The minimum absolute atomic E-state index is 0.241. The molecule has 0 atom stereocenters. The van der Waals surface area contributed by atoms with Gasteiger partial charge in [0.05, 0.1) is 11.3 Å². The number of hydrogen-bond acceptors (Lipinski definition) is 6. The van der Waals surface area contributed by atoms with Gasteiger partial charge in [0.1, 0.15) is 11.3 Å². The molecule has 0 saturated heterocycles. The van der Waals surface area contributed by atoms with Crippen molar-refractivity contribution >= 4 is 22.9 Å². The molecule has 2 aromatic carbocycles. The van der Waals surface area contributed by atoms with Gasteiger partial charge in [-0.05, 0) is 73.4 Å². The van der Waals surface area contributed by atoms with Crippen molar-refractivity contribution in [3.63, 3.8) is 0 Å². The molecule has 8 heteroatoms. The molecule has 0 unspecified atom stereocenters. The van der Waals surface area contributed by atoms with E-state index >= 15 is 0 Å². The van der Waals surface area contributed by atoms with Crippen LogP contribution in [0.1, 0.15) is 35.2 Å². The van der Waals surface area contributed by atoms with Crippen molar-refractivity contribution in [2.45, 2.75) is 24.8 Å². The Morgan fingerprint density at radius 2 is 1.67 bits per heavy atom. The van der Waals surface area contributed by atoms with Crippen LogP contribution in [-0.4, -0.2) is 25.4 Å². The smallest absolute Gasteiger partial charge is 0.248 e. The first-order valence-corrected chi connectivity index (χ1v) is 11.8. The molecule has 1 saturated carbocycles. The number of rotatable bonds is 5. The molecule has 3 aromatic heterocycles. The molecule has 8 nitrogen and oxygen atoms in total. The van der Waals surface area contributed by atoms with Crippen LogP contribution in [0.4, 0.5) is 5.82 Å². The molecule has 1 amide bonds. The van der Waals surface area contributed by atoms with E-state index in [2.05, 4.69) is 29.2 Å². The summed E-state index contributed by atoms with van der Waals surface area (Å²) in [5.74, 6) is 0.581. The Bertz CT molecular complexity index is 1600. The summed E-state index contributed by atoms with van der Waals surface area (Å²) >= 11 is 0. The number of nitrogens with zero attached hydrogens (tertiary/aromatic N) is 4. The zero-order valence-corrected chi connectivity index (χ0v) is 19.6. The Hall–Kier alpha value is -4.56. The van der Waals surface area contributed by atoms with Gasteiger partial charge in [-0.3, -0.25) is 9.36 Å². The molecule has 0 radical (unpaired) electrons. The van der Waals surface area contributed by atoms with Gasteiger partial charge in [0.25, 0.3) is 0 Å². The lowest BCUT2D eigenvalue weighted by Gasteiger charge is -2.38. The minimum Gasteiger partial charge on any atom is -0.383 e. The molecule has 5 aromatic rings. The maximum Gasteiger partial charge on any atom is 0.248 e. The molecule has 1 aliphatic carbocycles. The Morgan fingerprint density at radius 1 is 0.917 bits per heavy atom. The number of carbonyl (C=O) groups excluding carboxylic acids is 1. The van der Waals surface area contributed by atoms with Crippen LogP contribution in [0.3, 0.4) is 0 Å². The average Bonchev–Trinajstić information content (AvgIpc) is 3.26. The number of primary amides is 1. The van der Waals surface area contributed by atoms with Crippen LogP contribution in [0.25, 0.3) is 39.5 Å². The number of imidazole rings is 1. The van der Waals surface area contributed by atoms with Crippen molar-refractivity contribution in [1.82, 2.24) is 19.5 Å². The molecule has 0 aliphatic heterocycles. The zero-order valence-electron chi connectivity index (χ0n) is 19.6. The molecule has 36 heavy (non-hydrogen) atoms. The summed E-state index contributed by atoms with van der Waals surface area (Å²) in [5, 5.41) is 0. The fourth-order valence-corrected chi connectivity index (χ4v) is 4.74. The second-order valence-corrected chi connectivity index (χ2v) is 9.24. The summed E-state index contributed by atoms with van der Waals surface area (Å²) < 4.78 is 2.00. The van der Waals surface area contributed by atoms with E-state index < -0.39 is 5.91 Å². The number of carbonyl (C=O) groups is 1. The van der Waals surface area contributed by atoms with E-state index in [1.807, 2.05) is 41.0 Å². The maximum atomic E-state index is 11.5. The molecular formula is C28H25N7O. The first-order valence-electron chi connectivity index (χ1n) is 11.8. The highest BCUT2D eigenvalue weighted by atomic mass is 16.1. The van der Waals surface area contributed by atoms with E-state index in [0.29, 0.717) is 22.9 Å². The van der Waals surface area contributed by atoms with Gasteiger partial charge in [-0.1, -0.05) is 24.3 Å². The van der Waals surface area contributed by atoms with Gasteiger partial charge in [0.2, 0.25) is 5.91 Å². The average molecular weight is 476 g/mol. The number of anilines is 1. The highest BCUT2D eigenvalue weighted by Gasteiger charge is 2.34. The Morgan fingerprint density at radius 3 is 2.31 bits per heavy atom. The molecule has 0 bridgehead atoms. The Labute approximate surface area is 207 Å². The maximum absolute atomic E-state index is 11.5. The van der Waals surface area contributed by atoms with Gasteiger partial charge in [-0.25, -0.2) is 15.0 Å². The van der Waals surface area contributed by atoms with E-state index in [1.165, 1.54) is 0 Å². The molecule has 6 N–H and O–H groups in total. The Kier molecular flexibility index (Phi) is 5.05. The topological polar surface area (TPSA) is 139 Å². The largest absolute Gasteiger partial charge is 0.383 e. The van der Waals surface area contributed by atoms with E-state index in [9.17, 15) is 4.79 Å². The minimum atomic E-state index is -0.466. The number of nitrogen functional groups attached to an aromatic ring is 1. The van der Waals surface area contributed by atoms with Gasteiger partial charge in [-0.2, -0.15) is 0 Å². The lowest BCUT2D eigenvalue weighted by atomic mass is 9.73. The fraction of sp³-hybridized carbons (Fsp3) is 0.143. The van der Waals surface area contributed by atoms with E-state index in [-0.39, 0.29) is 5.54 Å². The summed E-state index contributed by atoms with van der Waals surface area (Å²) in [5.41, 5.74) is 24.2. The van der Waals surface area contributed by atoms with Gasteiger partial charge in [0.15, 0.2) is 11.5 Å². The van der Waals surface area contributed by atoms with Crippen molar-refractivity contribution < 1.29 is 4.79 Å². The molecule has 3 heterocycles. The molecular weight excluding hydrogens is 450 g/mol. The van der Waals surface area contributed by atoms with Crippen molar-refractivity contribution in [3.05, 3.63) is 90.1 Å². The third kappa shape index (κ3) is 3.59. The van der Waals surface area contributed by atoms with Crippen LogP contribution < -0.4 is 17.2 Å². The van der Waals surface area contributed by atoms with Crippen LogP contribution in [0.15, 0.2) is 79.0 Å². The number of hydrogen-bond donors (Lipinski definition) is 3. The first kappa shape index (κ1) is 21.9. The van der Waals surface area contributed by atoms with E-state index in [4.69, 9.17) is 27.2 Å². The lowest BCUT2D eigenvalue weighted by molar-refractivity contribution is 0.100. The van der Waals surface area contributed by atoms with E-state index in [1.54, 1.807) is 18.3 Å². The summed E-state index contributed by atoms with van der Waals surface area (Å²) in [4.78, 5) is 25.6. The van der Waals surface area contributed by atoms with Gasteiger partial charge >= 0.3 is 0 Å². The predicted molar refractivity (Wildman–Crippen MR) is 140 cm³/mol. The van der Waals surface area contributed by atoms with Crippen LogP contribution >= 0.6 is 0 Å². The molecule has 1 aliphatic rings. The normalized spacial score (nSPS) is 14.5. The first-order chi connectivity index (χ1) is 17.4. The number of amides is 1. The molecule has 6 rings (SSSR count). The van der Waals surface area contributed by atoms with Crippen LogP contribution in [0, 0.1) is 0 Å². The van der Waals surface area contributed by atoms with Crippen LogP contribution in [-0.2, 0) is 5.54 Å². The van der Waals surface area contributed by atoms with Gasteiger partial charge < -0.3 is 17.2 Å². The second kappa shape index (κ2) is 8.28. The SMILES string of the molecule is NC(=O)c1ccc(-c2ccc3nc(-c4cccnc4N)n(-c4ccc(C5(N)CCC5)cc4)c3n2)cc1. The Balaban J connectivity index is 1.53. The van der Waals surface area contributed by atoms with Crippen LogP contribution in [0.5, 0.6) is 0 Å². The monoisotopic (exact) mass is 475 g/mol. The molecule has 1 fully saturated rings. The third-order valence-corrected chi connectivity index (χ3v) is 7.00. The number of aromatic nitrogens is 4. The highest BCUT2D eigenvalue weighted by molar-refractivity contribution is 5.93. The number of fused-ring (bicyclic) bond motifs is 1. The fourth-order valence-electron chi connectivity index (χ4n) is 4.74. The number of nitrogens with two attached hydrogens (primary N) is 3. The van der Waals surface area contributed by atoms with Crippen molar-refractivity contribution in [3.8, 4) is 28.3 Å². The standard InChI is InChI=1S/C28H25N7O/c29-24-21(3-1-16-32-24)26-34-23-13-12-22(17-4-6-18(7-5-17)25(30)36)33-27(23)35(26)20-10-8-19(9-11-20)28(31)14-2-15-28/h1,3-13,16H,2,14-15,31H2,(H2,29,32)(H2,30,36). The highest BCUT2D eigenvalue weighted by Crippen LogP contribution is 2.39. The second-order valence-electron chi connectivity index (χ2n) is 9.24. The number of pyridine rings is 2. The lowest BCUT2D eigenvalue weighted by Crippen LogP contribution is -2.43.